The van der Waals surface area contributed by atoms with E-state index in [4.69, 9.17) is 0 Å². The van der Waals surface area contributed by atoms with Crippen molar-refractivity contribution in [3.8, 4) is 5.69 Å². The first-order valence-electron chi connectivity index (χ1n) is 10.2. The van der Waals surface area contributed by atoms with Crippen LogP contribution in [0.1, 0.15) is 16.8 Å². The van der Waals surface area contributed by atoms with E-state index in [0.717, 1.165) is 22.6 Å². The van der Waals surface area contributed by atoms with Gasteiger partial charge in [-0.25, -0.2) is 9.69 Å². The van der Waals surface area contributed by atoms with E-state index < -0.39 is 36.1 Å². The predicted molar refractivity (Wildman–Crippen MR) is 119 cm³/mol. The number of amides is 4. The van der Waals surface area contributed by atoms with E-state index in [0.29, 0.717) is 11.4 Å². The monoisotopic (exact) mass is 468 g/mol. The van der Waals surface area contributed by atoms with Gasteiger partial charge >= 0.3 is 12.2 Å². The van der Waals surface area contributed by atoms with Crippen molar-refractivity contribution in [2.75, 3.05) is 11.9 Å². The van der Waals surface area contributed by atoms with Crippen molar-refractivity contribution < 1.29 is 27.6 Å². The lowest BCUT2D eigenvalue weighted by molar-refractivity contribution is -0.137. The number of carbonyl (C=O) groups excluding carboxylic acids is 3. The van der Waals surface area contributed by atoms with E-state index in [1.807, 2.05) is 19.1 Å². The molecule has 0 bridgehead atoms. The molecular formula is C24H19F3N4O3. The molecule has 174 valence electrons. The van der Waals surface area contributed by atoms with Crippen molar-refractivity contribution >= 4 is 29.6 Å². The predicted octanol–water partition coefficient (Wildman–Crippen LogP) is 4.34. The van der Waals surface area contributed by atoms with Crippen molar-refractivity contribution in [3.05, 3.63) is 89.4 Å². The third-order valence-corrected chi connectivity index (χ3v) is 5.12. The molecule has 0 saturated carbocycles. The standard InChI is InChI=1S/C24H19F3N4O3/c1-15-7-9-17(10-8-15)28-21(32)14-31-22(33)20(29-23(31)34)13-19-6-3-11-30(19)18-5-2-4-16(12-18)24(25,26)27/h2-13H,14H2,1H3,(H,28,32)(H,29,34). The van der Waals surface area contributed by atoms with Crippen molar-refractivity contribution in [2.24, 2.45) is 0 Å². The first kappa shape index (κ1) is 22.8. The number of benzene rings is 2. The van der Waals surface area contributed by atoms with Gasteiger partial charge in [0.1, 0.15) is 12.2 Å². The fraction of sp³-hybridized carbons (Fsp3) is 0.125. The van der Waals surface area contributed by atoms with Gasteiger partial charge in [0.25, 0.3) is 5.91 Å². The molecule has 2 N–H and O–H groups in total. The Morgan fingerprint density at radius 3 is 2.50 bits per heavy atom. The lowest BCUT2D eigenvalue weighted by Crippen LogP contribution is -2.38. The van der Waals surface area contributed by atoms with Crippen LogP contribution in [-0.2, 0) is 15.8 Å². The molecule has 4 rings (SSSR count). The lowest BCUT2D eigenvalue weighted by Gasteiger charge is -2.12. The van der Waals surface area contributed by atoms with Crippen LogP contribution in [-0.4, -0.2) is 33.9 Å². The molecular weight excluding hydrogens is 449 g/mol. The minimum absolute atomic E-state index is 0.0972. The largest absolute Gasteiger partial charge is 0.416 e. The zero-order valence-corrected chi connectivity index (χ0v) is 17.9. The summed E-state index contributed by atoms with van der Waals surface area (Å²) in [7, 11) is 0. The number of halogens is 3. The molecule has 10 heteroatoms. The molecule has 2 heterocycles. The number of nitrogens with one attached hydrogen (secondary N) is 2. The maximum Gasteiger partial charge on any atom is 0.416 e. The van der Waals surface area contributed by atoms with Crippen LogP contribution in [0.4, 0.5) is 23.7 Å². The summed E-state index contributed by atoms with van der Waals surface area (Å²) in [6.07, 6.45) is -1.62. The second-order valence-corrected chi connectivity index (χ2v) is 7.64. The number of carbonyl (C=O) groups is 3. The van der Waals surface area contributed by atoms with Gasteiger partial charge in [-0.2, -0.15) is 13.2 Å². The highest BCUT2D eigenvalue weighted by Gasteiger charge is 2.35. The summed E-state index contributed by atoms with van der Waals surface area (Å²) < 4.78 is 40.7. The third-order valence-electron chi connectivity index (χ3n) is 5.12. The summed E-state index contributed by atoms with van der Waals surface area (Å²) in [5.41, 5.74) is 1.23. The van der Waals surface area contributed by atoms with E-state index in [1.54, 1.807) is 24.3 Å². The second kappa shape index (κ2) is 8.89. The first-order chi connectivity index (χ1) is 16.1. The number of anilines is 1. The van der Waals surface area contributed by atoms with Gasteiger partial charge in [0.15, 0.2) is 0 Å². The fourth-order valence-electron chi connectivity index (χ4n) is 3.42. The summed E-state index contributed by atoms with van der Waals surface area (Å²) in [4.78, 5) is 38.1. The van der Waals surface area contributed by atoms with Crippen LogP contribution in [0.2, 0.25) is 0 Å². The normalized spacial score (nSPS) is 15.1. The molecule has 1 aromatic heterocycles. The fourth-order valence-corrected chi connectivity index (χ4v) is 3.42. The average molecular weight is 468 g/mol. The first-order valence-corrected chi connectivity index (χ1v) is 10.2. The van der Waals surface area contributed by atoms with Crippen molar-refractivity contribution in [3.63, 3.8) is 0 Å². The summed E-state index contributed by atoms with van der Waals surface area (Å²) in [6.45, 7) is 1.40. The minimum Gasteiger partial charge on any atom is -0.325 e. The van der Waals surface area contributed by atoms with Crippen LogP contribution in [0.5, 0.6) is 0 Å². The molecule has 34 heavy (non-hydrogen) atoms. The topological polar surface area (TPSA) is 83.4 Å². The number of hydrogen-bond acceptors (Lipinski definition) is 3. The maximum atomic E-state index is 13.1. The Morgan fingerprint density at radius 2 is 1.79 bits per heavy atom. The molecule has 1 aliphatic heterocycles. The highest BCUT2D eigenvalue weighted by molar-refractivity contribution is 6.15. The Kier molecular flexibility index (Phi) is 5.97. The van der Waals surface area contributed by atoms with Crippen LogP contribution >= 0.6 is 0 Å². The smallest absolute Gasteiger partial charge is 0.325 e. The van der Waals surface area contributed by atoms with Gasteiger partial charge in [-0.1, -0.05) is 23.8 Å². The summed E-state index contributed by atoms with van der Waals surface area (Å²) in [5.74, 6) is -1.28. The van der Waals surface area contributed by atoms with E-state index in [-0.39, 0.29) is 11.4 Å². The Balaban J connectivity index is 1.52. The molecule has 2 aromatic carbocycles. The number of urea groups is 1. The molecule has 0 aliphatic carbocycles. The van der Waals surface area contributed by atoms with Crippen LogP contribution in [0, 0.1) is 6.92 Å². The highest BCUT2D eigenvalue weighted by Crippen LogP contribution is 2.31. The summed E-state index contributed by atoms with van der Waals surface area (Å²) in [6, 6.07) is 14.2. The van der Waals surface area contributed by atoms with Crippen LogP contribution < -0.4 is 10.6 Å². The molecule has 4 amide bonds. The molecule has 0 radical (unpaired) electrons. The number of aromatic nitrogens is 1. The van der Waals surface area contributed by atoms with Crippen LogP contribution in [0.25, 0.3) is 11.8 Å². The summed E-state index contributed by atoms with van der Waals surface area (Å²) in [5, 5.41) is 5.03. The SMILES string of the molecule is Cc1ccc(NC(=O)CN2C(=O)NC(=Cc3cccn3-c3cccc(C(F)(F)F)c3)C2=O)cc1. The van der Waals surface area contributed by atoms with E-state index in [2.05, 4.69) is 10.6 Å². The highest BCUT2D eigenvalue weighted by atomic mass is 19.4. The number of aryl methyl sites for hydroxylation is 1. The Bertz CT molecular complexity index is 1290. The van der Waals surface area contributed by atoms with Gasteiger partial charge in [0.2, 0.25) is 5.91 Å². The van der Waals surface area contributed by atoms with E-state index >= 15 is 0 Å². The summed E-state index contributed by atoms with van der Waals surface area (Å²) >= 11 is 0. The van der Waals surface area contributed by atoms with Crippen molar-refractivity contribution in [1.29, 1.82) is 0 Å². The van der Waals surface area contributed by atoms with E-state index in [1.165, 1.54) is 29.0 Å². The number of nitrogens with zero attached hydrogens (tertiary/aromatic N) is 2. The molecule has 7 nitrogen and oxygen atoms in total. The Hall–Kier alpha value is -4.34. The molecule has 3 aromatic rings. The average Bonchev–Trinajstić information content (AvgIpc) is 3.35. The van der Waals surface area contributed by atoms with Gasteiger partial charge in [-0.3, -0.25) is 9.59 Å². The third kappa shape index (κ3) is 4.85. The van der Waals surface area contributed by atoms with Gasteiger partial charge in [-0.05, 0) is 55.5 Å². The number of hydrogen-bond donors (Lipinski definition) is 2. The Morgan fingerprint density at radius 1 is 1.06 bits per heavy atom. The van der Waals surface area contributed by atoms with Crippen LogP contribution in [0.15, 0.2) is 72.6 Å². The lowest BCUT2D eigenvalue weighted by atomic mass is 10.2. The van der Waals surface area contributed by atoms with Gasteiger partial charge in [-0.15, -0.1) is 0 Å². The quantitative estimate of drug-likeness (QED) is 0.432. The minimum atomic E-state index is -4.50. The van der Waals surface area contributed by atoms with Crippen LogP contribution in [0.3, 0.4) is 0 Å². The molecule has 1 aliphatic rings. The van der Waals surface area contributed by atoms with Crippen molar-refractivity contribution in [2.45, 2.75) is 13.1 Å². The molecule has 0 unspecified atom stereocenters. The Labute approximate surface area is 192 Å². The number of imide groups is 1. The molecule has 1 saturated heterocycles. The molecule has 1 fully saturated rings. The number of alkyl halides is 3. The van der Waals surface area contributed by atoms with E-state index in [9.17, 15) is 27.6 Å². The van der Waals surface area contributed by atoms with Gasteiger partial charge in [0.05, 0.1) is 5.56 Å². The molecule has 0 spiro atoms. The zero-order valence-electron chi connectivity index (χ0n) is 17.9. The maximum absolute atomic E-state index is 13.1. The molecule has 0 atom stereocenters. The number of rotatable bonds is 5. The van der Waals surface area contributed by atoms with Gasteiger partial charge in [0, 0.05) is 23.3 Å². The second-order valence-electron chi connectivity index (χ2n) is 7.64. The van der Waals surface area contributed by atoms with Crippen molar-refractivity contribution in [1.82, 2.24) is 14.8 Å². The zero-order chi connectivity index (χ0) is 24.5. The van der Waals surface area contributed by atoms with Gasteiger partial charge < -0.3 is 15.2 Å².